The molecule has 1 aromatic carbocycles. The lowest BCUT2D eigenvalue weighted by molar-refractivity contribution is 0.455. The van der Waals surface area contributed by atoms with Crippen LogP contribution >= 0.6 is 0 Å². The number of benzene rings is 1. The van der Waals surface area contributed by atoms with Crippen molar-refractivity contribution in [1.29, 1.82) is 0 Å². The van der Waals surface area contributed by atoms with Crippen molar-refractivity contribution in [2.45, 2.75) is 20.4 Å². The highest BCUT2D eigenvalue weighted by atomic mass is 19.1. The van der Waals surface area contributed by atoms with Crippen molar-refractivity contribution in [2.24, 2.45) is 0 Å². The average molecular weight is 260 g/mol. The number of pyridine rings is 1. The summed E-state index contributed by atoms with van der Waals surface area (Å²) >= 11 is 0. The van der Waals surface area contributed by atoms with E-state index in [4.69, 9.17) is 4.74 Å². The highest BCUT2D eigenvalue weighted by Gasteiger charge is 2.06. The molecule has 0 aliphatic rings. The maximum absolute atomic E-state index is 13.0. The van der Waals surface area contributed by atoms with Crippen molar-refractivity contribution in [3.8, 4) is 11.6 Å². The van der Waals surface area contributed by atoms with Crippen molar-refractivity contribution in [2.75, 3.05) is 7.05 Å². The SMILES string of the molecule is CNCc1cc(C)nc(Oc2ccc(F)cc2C)c1. The third-order valence-corrected chi connectivity index (χ3v) is 2.72. The smallest absolute Gasteiger partial charge is 0.219 e. The third-order valence-electron chi connectivity index (χ3n) is 2.72. The van der Waals surface area contributed by atoms with E-state index in [9.17, 15) is 4.39 Å². The number of nitrogens with one attached hydrogen (secondary N) is 1. The molecule has 1 N–H and O–H groups in total. The van der Waals surface area contributed by atoms with Crippen LogP contribution in [0.4, 0.5) is 4.39 Å². The summed E-state index contributed by atoms with van der Waals surface area (Å²) in [7, 11) is 1.89. The van der Waals surface area contributed by atoms with E-state index in [0.717, 1.165) is 23.4 Å². The Hall–Kier alpha value is -1.94. The van der Waals surface area contributed by atoms with Crippen LogP contribution in [0.1, 0.15) is 16.8 Å². The Labute approximate surface area is 112 Å². The fourth-order valence-corrected chi connectivity index (χ4v) is 1.91. The first-order valence-corrected chi connectivity index (χ1v) is 6.14. The molecule has 0 radical (unpaired) electrons. The Bertz CT molecular complexity index is 584. The summed E-state index contributed by atoms with van der Waals surface area (Å²) in [6, 6.07) is 8.33. The van der Waals surface area contributed by atoms with Crippen LogP contribution in [0.3, 0.4) is 0 Å². The topological polar surface area (TPSA) is 34.2 Å². The predicted molar refractivity (Wildman–Crippen MR) is 72.9 cm³/mol. The van der Waals surface area contributed by atoms with Gasteiger partial charge in [0.05, 0.1) is 0 Å². The maximum Gasteiger partial charge on any atom is 0.219 e. The monoisotopic (exact) mass is 260 g/mol. The van der Waals surface area contributed by atoms with Crippen LogP contribution in [0, 0.1) is 19.7 Å². The zero-order valence-electron chi connectivity index (χ0n) is 11.3. The summed E-state index contributed by atoms with van der Waals surface area (Å²) in [6.45, 7) is 4.48. The molecule has 0 atom stereocenters. The molecule has 0 aliphatic carbocycles. The molecule has 19 heavy (non-hydrogen) atoms. The van der Waals surface area contributed by atoms with Gasteiger partial charge in [0.15, 0.2) is 0 Å². The van der Waals surface area contributed by atoms with Gasteiger partial charge in [-0.05, 0) is 56.3 Å². The third kappa shape index (κ3) is 3.51. The highest BCUT2D eigenvalue weighted by Crippen LogP contribution is 2.25. The molecule has 0 saturated heterocycles. The Morgan fingerprint density at radius 2 is 2.00 bits per heavy atom. The number of halogens is 1. The molecule has 0 aliphatic heterocycles. The molecule has 1 heterocycles. The second-order valence-corrected chi connectivity index (χ2v) is 4.50. The zero-order valence-corrected chi connectivity index (χ0v) is 11.3. The second-order valence-electron chi connectivity index (χ2n) is 4.50. The van der Waals surface area contributed by atoms with Crippen LogP contribution in [0.25, 0.3) is 0 Å². The van der Waals surface area contributed by atoms with Crippen LogP contribution < -0.4 is 10.1 Å². The molecule has 0 fully saturated rings. The van der Waals surface area contributed by atoms with E-state index in [1.807, 2.05) is 33.0 Å². The van der Waals surface area contributed by atoms with Crippen molar-refractivity contribution in [3.05, 3.63) is 53.0 Å². The lowest BCUT2D eigenvalue weighted by atomic mass is 10.2. The minimum Gasteiger partial charge on any atom is -0.439 e. The molecule has 0 spiro atoms. The van der Waals surface area contributed by atoms with Gasteiger partial charge in [-0.1, -0.05) is 0 Å². The molecule has 0 amide bonds. The standard InChI is InChI=1S/C15H17FN2O/c1-10-6-13(16)4-5-14(10)19-15-8-12(9-17-3)7-11(2)18-15/h4-8,17H,9H2,1-3H3. The summed E-state index contributed by atoms with van der Waals surface area (Å²) in [4.78, 5) is 4.33. The van der Waals surface area contributed by atoms with Gasteiger partial charge in [-0.25, -0.2) is 9.37 Å². The van der Waals surface area contributed by atoms with Gasteiger partial charge in [-0.2, -0.15) is 0 Å². The predicted octanol–water partition coefficient (Wildman–Crippen LogP) is 3.35. The summed E-state index contributed by atoms with van der Waals surface area (Å²) in [6.07, 6.45) is 0. The number of nitrogens with zero attached hydrogens (tertiary/aromatic N) is 1. The zero-order chi connectivity index (χ0) is 13.8. The molecule has 0 unspecified atom stereocenters. The minimum absolute atomic E-state index is 0.266. The number of hydrogen-bond donors (Lipinski definition) is 1. The van der Waals surface area contributed by atoms with E-state index in [-0.39, 0.29) is 5.82 Å². The van der Waals surface area contributed by atoms with E-state index in [2.05, 4.69) is 10.3 Å². The molecule has 0 saturated carbocycles. The molecule has 100 valence electrons. The van der Waals surface area contributed by atoms with E-state index in [1.165, 1.54) is 12.1 Å². The van der Waals surface area contributed by atoms with Crippen molar-refractivity contribution >= 4 is 0 Å². The second kappa shape index (κ2) is 5.80. The van der Waals surface area contributed by atoms with Crippen molar-refractivity contribution in [3.63, 3.8) is 0 Å². The van der Waals surface area contributed by atoms with Crippen molar-refractivity contribution < 1.29 is 9.13 Å². The van der Waals surface area contributed by atoms with Crippen molar-refractivity contribution in [1.82, 2.24) is 10.3 Å². The van der Waals surface area contributed by atoms with E-state index in [0.29, 0.717) is 11.6 Å². The average Bonchev–Trinajstić information content (AvgIpc) is 2.32. The van der Waals surface area contributed by atoms with Gasteiger partial charge in [0, 0.05) is 18.3 Å². The minimum atomic E-state index is -0.266. The summed E-state index contributed by atoms with van der Waals surface area (Å²) in [5, 5.41) is 3.09. The number of ether oxygens (including phenoxy) is 1. The Balaban J connectivity index is 2.27. The number of aromatic nitrogens is 1. The molecule has 1 aromatic heterocycles. The molecular formula is C15H17FN2O. The maximum atomic E-state index is 13.0. The van der Waals surface area contributed by atoms with Gasteiger partial charge in [0.1, 0.15) is 11.6 Å². The number of rotatable bonds is 4. The van der Waals surface area contributed by atoms with Crippen LogP contribution in [-0.4, -0.2) is 12.0 Å². The van der Waals surface area contributed by atoms with Gasteiger partial charge in [-0.15, -0.1) is 0 Å². The Kier molecular flexibility index (Phi) is 4.12. The Morgan fingerprint density at radius 3 is 2.68 bits per heavy atom. The van der Waals surface area contributed by atoms with Gasteiger partial charge in [-0.3, -0.25) is 0 Å². The van der Waals surface area contributed by atoms with Gasteiger partial charge in [0.2, 0.25) is 5.88 Å². The van der Waals surface area contributed by atoms with E-state index < -0.39 is 0 Å². The first-order chi connectivity index (χ1) is 9.08. The molecular weight excluding hydrogens is 243 g/mol. The summed E-state index contributed by atoms with van der Waals surface area (Å²) in [5.74, 6) is 0.882. The number of aryl methyl sites for hydroxylation is 2. The molecule has 2 aromatic rings. The lowest BCUT2D eigenvalue weighted by Gasteiger charge is -2.10. The summed E-state index contributed by atoms with van der Waals surface area (Å²) in [5.41, 5.74) is 2.74. The fourth-order valence-electron chi connectivity index (χ4n) is 1.91. The normalized spacial score (nSPS) is 10.5. The van der Waals surface area contributed by atoms with Gasteiger partial charge in [0.25, 0.3) is 0 Å². The number of hydrogen-bond acceptors (Lipinski definition) is 3. The fraction of sp³-hybridized carbons (Fsp3) is 0.267. The van der Waals surface area contributed by atoms with Crippen LogP contribution in [0.5, 0.6) is 11.6 Å². The first kappa shape index (κ1) is 13.5. The molecule has 0 bridgehead atoms. The highest BCUT2D eigenvalue weighted by molar-refractivity contribution is 5.36. The van der Waals surface area contributed by atoms with E-state index in [1.54, 1.807) is 6.07 Å². The molecule has 4 heteroatoms. The summed E-state index contributed by atoms with van der Waals surface area (Å²) < 4.78 is 18.8. The Morgan fingerprint density at radius 1 is 1.21 bits per heavy atom. The van der Waals surface area contributed by atoms with Gasteiger partial charge >= 0.3 is 0 Å². The van der Waals surface area contributed by atoms with Gasteiger partial charge < -0.3 is 10.1 Å². The lowest BCUT2D eigenvalue weighted by Crippen LogP contribution is -2.06. The quantitative estimate of drug-likeness (QED) is 0.915. The molecule has 2 rings (SSSR count). The molecule has 3 nitrogen and oxygen atoms in total. The van der Waals surface area contributed by atoms with Crippen LogP contribution in [0.15, 0.2) is 30.3 Å². The first-order valence-electron chi connectivity index (χ1n) is 6.14. The van der Waals surface area contributed by atoms with Crippen LogP contribution in [-0.2, 0) is 6.54 Å². The largest absolute Gasteiger partial charge is 0.439 e. The van der Waals surface area contributed by atoms with E-state index >= 15 is 0 Å². The van der Waals surface area contributed by atoms with Crippen LogP contribution in [0.2, 0.25) is 0 Å².